The van der Waals surface area contributed by atoms with Crippen molar-refractivity contribution in [1.29, 1.82) is 0 Å². The molecule has 116 valence electrons. The van der Waals surface area contributed by atoms with Crippen LogP contribution >= 0.6 is 0 Å². The van der Waals surface area contributed by atoms with E-state index in [1.54, 1.807) is 25.2 Å². The Balaban J connectivity index is 2.83. The van der Waals surface area contributed by atoms with Gasteiger partial charge < -0.3 is 15.3 Å². The van der Waals surface area contributed by atoms with Crippen LogP contribution in [0.5, 0.6) is 0 Å². The van der Waals surface area contributed by atoms with E-state index < -0.39 is 5.97 Å². The van der Waals surface area contributed by atoms with Crippen LogP contribution < -0.4 is 10.2 Å². The van der Waals surface area contributed by atoms with Gasteiger partial charge in [0, 0.05) is 19.1 Å². The topological polar surface area (TPSA) is 72.9 Å². The third-order valence-electron chi connectivity index (χ3n) is 3.68. The molecule has 0 aliphatic heterocycles. The van der Waals surface area contributed by atoms with Crippen molar-refractivity contribution in [2.45, 2.75) is 19.4 Å². The fraction of sp³-hybridized carbons (Fsp3) is 0.467. The molecule has 0 atom stereocenters. The number of nitrogens with zero attached hydrogens (tertiary/aromatic N) is 2. The standard InChI is InChI=1S/C15H23N3O3/c1-15(2,17(3)4)10-16-14(21)18(5)12-9-7-6-8-11(12)13(19)20/h6-9H,10H2,1-5H3,(H,16,21)(H,19,20). The molecule has 0 aliphatic rings. The number of carboxylic acids is 1. The van der Waals surface area contributed by atoms with Crippen molar-refractivity contribution in [3.8, 4) is 0 Å². The predicted molar refractivity (Wildman–Crippen MR) is 83.0 cm³/mol. The highest BCUT2D eigenvalue weighted by Gasteiger charge is 2.23. The molecule has 0 heterocycles. The summed E-state index contributed by atoms with van der Waals surface area (Å²) < 4.78 is 0. The average molecular weight is 293 g/mol. The Morgan fingerprint density at radius 3 is 2.29 bits per heavy atom. The third kappa shape index (κ3) is 4.19. The molecule has 1 aromatic rings. The van der Waals surface area contributed by atoms with Gasteiger partial charge in [-0.05, 0) is 40.1 Å². The first-order valence-corrected chi connectivity index (χ1v) is 6.68. The van der Waals surface area contributed by atoms with Crippen LogP contribution in [0.15, 0.2) is 24.3 Å². The Labute approximate surface area is 125 Å². The normalized spacial score (nSPS) is 11.3. The van der Waals surface area contributed by atoms with Gasteiger partial charge in [0.2, 0.25) is 0 Å². The number of hydrogen-bond donors (Lipinski definition) is 2. The molecule has 0 aliphatic carbocycles. The van der Waals surface area contributed by atoms with Crippen LogP contribution in [-0.2, 0) is 0 Å². The molecule has 1 aromatic carbocycles. The first-order chi connectivity index (χ1) is 9.66. The Morgan fingerprint density at radius 1 is 1.19 bits per heavy atom. The average Bonchev–Trinajstić information content (AvgIpc) is 2.43. The van der Waals surface area contributed by atoms with E-state index >= 15 is 0 Å². The molecule has 0 bridgehead atoms. The zero-order valence-corrected chi connectivity index (χ0v) is 13.2. The number of carboxylic acid groups (broad SMARTS) is 1. The minimum Gasteiger partial charge on any atom is -0.478 e. The molecule has 0 aromatic heterocycles. The van der Waals surface area contributed by atoms with E-state index in [9.17, 15) is 9.59 Å². The van der Waals surface area contributed by atoms with Crippen molar-refractivity contribution in [1.82, 2.24) is 10.2 Å². The number of para-hydroxylation sites is 1. The Kier molecular flexibility index (Phi) is 5.32. The first kappa shape index (κ1) is 17.0. The SMILES string of the molecule is CN(C(=O)NCC(C)(C)N(C)C)c1ccccc1C(=O)O. The monoisotopic (exact) mass is 293 g/mol. The molecular weight excluding hydrogens is 270 g/mol. The molecule has 6 heteroatoms. The van der Waals surface area contributed by atoms with Gasteiger partial charge >= 0.3 is 12.0 Å². The lowest BCUT2D eigenvalue weighted by atomic mass is 10.0. The van der Waals surface area contributed by atoms with Gasteiger partial charge in [0.05, 0.1) is 11.3 Å². The summed E-state index contributed by atoms with van der Waals surface area (Å²) in [5.41, 5.74) is 0.273. The zero-order chi connectivity index (χ0) is 16.2. The number of nitrogens with one attached hydrogen (secondary N) is 1. The van der Waals surface area contributed by atoms with E-state index in [1.165, 1.54) is 11.0 Å². The van der Waals surface area contributed by atoms with Gasteiger partial charge in [0.1, 0.15) is 0 Å². The van der Waals surface area contributed by atoms with E-state index in [2.05, 4.69) is 5.32 Å². The van der Waals surface area contributed by atoms with E-state index in [0.717, 1.165) is 0 Å². The second kappa shape index (κ2) is 6.58. The highest BCUT2D eigenvalue weighted by atomic mass is 16.4. The number of carbonyl (C=O) groups excluding carboxylic acids is 1. The Bertz CT molecular complexity index is 527. The summed E-state index contributed by atoms with van der Waals surface area (Å²) in [6, 6.07) is 6.09. The molecule has 0 unspecified atom stereocenters. The minimum absolute atomic E-state index is 0.0991. The van der Waals surface area contributed by atoms with Gasteiger partial charge in [-0.3, -0.25) is 4.90 Å². The van der Waals surface area contributed by atoms with Crippen molar-refractivity contribution in [3.05, 3.63) is 29.8 Å². The fourth-order valence-electron chi connectivity index (χ4n) is 1.62. The first-order valence-electron chi connectivity index (χ1n) is 6.68. The maximum absolute atomic E-state index is 12.2. The van der Waals surface area contributed by atoms with Crippen molar-refractivity contribution in [2.75, 3.05) is 32.6 Å². The number of carbonyl (C=O) groups is 2. The summed E-state index contributed by atoms with van der Waals surface area (Å²) in [7, 11) is 5.44. The number of urea groups is 1. The lowest BCUT2D eigenvalue weighted by molar-refractivity contribution is 0.0697. The molecular formula is C15H23N3O3. The van der Waals surface area contributed by atoms with E-state index in [-0.39, 0.29) is 17.1 Å². The maximum Gasteiger partial charge on any atom is 0.337 e. The van der Waals surface area contributed by atoms with Gasteiger partial charge in [-0.2, -0.15) is 0 Å². The van der Waals surface area contributed by atoms with Crippen LogP contribution in [0.25, 0.3) is 0 Å². The zero-order valence-electron chi connectivity index (χ0n) is 13.2. The fourth-order valence-corrected chi connectivity index (χ4v) is 1.62. The van der Waals surface area contributed by atoms with Crippen molar-refractivity contribution < 1.29 is 14.7 Å². The molecule has 2 N–H and O–H groups in total. The number of likely N-dealkylation sites (N-methyl/N-ethyl adjacent to an activating group) is 1. The lowest BCUT2D eigenvalue weighted by Crippen LogP contribution is -2.50. The second-order valence-corrected chi connectivity index (χ2v) is 5.75. The summed E-state index contributed by atoms with van der Waals surface area (Å²) in [5.74, 6) is -1.06. The molecule has 1 rings (SSSR count). The second-order valence-electron chi connectivity index (χ2n) is 5.75. The van der Waals surface area contributed by atoms with Crippen molar-refractivity contribution >= 4 is 17.7 Å². The van der Waals surface area contributed by atoms with Gasteiger partial charge in [-0.1, -0.05) is 12.1 Å². The van der Waals surface area contributed by atoms with Crippen LogP contribution in [0.2, 0.25) is 0 Å². The highest BCUT2D eigenvalue weighted by molar-refractivity contribution is 6.01. The molecule has 0 radical (unpaired) electrons. The van der Waals surface area contributed by atoms with E-state index in [0.29, 0.717) is 12.2 Å². The number of aromatic carboxylic acids is 1. The van der Waals surface area contributed by atoms with E-state index in [4.69, 9.17) is 5.11 Å². The summed E-state index contributed by atoms with van der Waals surface area (Å²) in [6.45, 7) is 4.48. The van der Waals surface area contributed by atoms with Gasteiger partial charge in [0.25, 0.3) is 0 Å². The molecule has 0 saturated carbocycles. The number of anilines is 1. The Hall–Kier alpha value is -2.08. The maximum atomic E-state index is 12.2. The van der Waals surface area contributed by atoms with Gasteiger partial charge in [-0.25, -0.2) is 9.59 Å². The van der Waals surface area contributed by atoms with Crippen LogP contribution in [-0.4, -0.2) is 55.2 Å². The molecule has 2 amide bonds. The smallest absolute Gasteiger partial charge is 0.337 e. The number of rotatable bonds is 5. The van der Waals surface area contributed by atoms with Crippen LogP contribution in [0.1, 0.15) is 24.2 Å². The van der Waals surface area contributed by atoms with E-state index in [1.807, 2.05) is 32.8 Å². The summed E-state index contributed by atoms with van der Waals surface area (Å²) >= 11 is 0. The highest BCUT2D eigenvalue weighted by Crippen LogP contribution is 2.19. The van der Waals surface area contributed by atoms with Crippen LogP contribution in [0, 0.1) is 0 Å². The predicted octanol–water partition coefficient (Wildman–Crippen LogP) is 1.87. The Morgan fingerprint density at radius 2 is 1.76 bits per heavy atom. The number of benzene rings is 1. The molecule has 21 heavy (non-hydrogen) atoms. The molecule has 0 saturated heterocycles. The van der Waals surface area contributed by atoms with Gasteiger partial charge in [0.15, 0.2) is 0 Å². The van der Waals surface area contributed by atoms with Crippen LogP contribution in [0.4, 0.5) is 10.5 Å². The molecule has 6 nitrogen and oxygen atoms in total. The van der Waals surface area contributed by atoms with Crippen molar-refractivity contribution in [2.24, 2.45) is 0 Å². The quantitative estimate of drug-likeness (QED) is 0.869. The molecule has 0 fully saturated rings. The number of hydrogen-bond acceptors (Lipinski definition) is 3. The van der Waals surface area contributed by atoms with Crippen molar-refractivity contribution in [3.63, 3.8) is 0 Å². The lowest BCUT2D eigenvalue weighted by Gasteiger charge is -2.33. The summed E-state index contributed by atoms with van der Waals surface area (Å²) in [6.07, 6.45) is 0. The third-order valence-corrected chi connectivity index (χ3v) is 3.68. The summed E-state index contributed by atoms with van der Waals surface area (Å²) in [4.78, 5) is 26.7. The molecule has 0 spiro atoms. The largest absolute Gasteiger partial charge is 0.478 e. The van der Waals surface area contributed by atoms with Crippen LogP contribution in [0.3, 0.4) is 0 Å². The van der Waals surface area contributed by atoms with Gasteiger partial charge in [-0.15, -0.1) is 0 Å². The number of amides is 2. The summed E-state index contributed by atoms with van der Waals surface area (Å²) in [5, 5.41) is 12.0. The minimum atomic E-state index is -1.06.